The monoisotopic (exact) mass is 244 g/mol. The summed E-state index contributed by atoms with van der Waals surface area (Å²) in [5.74, 6) is 0.0380. The normalized spacial score (nSPS) is 10.1. The van der Waals surface area contributed by atoms with E-state index in [9.17, 15) is 9.18 Å². The number of rotatable bonds is 3. The van der Waals surface area contributed by atoms with E-state index < -0.39 is 6.67 Å². The van der Waals surface area contributed by atoms with Crippen LogP contribution >= 0.6 is 15.9 Å². The average Bonchev–Trinajstić information content (AvgIpc) is 2.15. The van der Waals surface area contributed by atoms with Gasteiger partial charge in [0.25, 0.3) is 0 Å². The van der Waals surface area contributed by atoms with E-state index in [0.717, 1.165) is 4.47 Å². The van der Waals surface area contributed by atoms with Crippen LogP contribution < -0.4 is 0 Å². The molecule has 0 unspecified atom stereocenters. The van der Waals surface area contributed by atoms with E-state index in [1.165, 1.54) is 0 Å². The molecule has 0 N–H and O–H groups in total. The van der Waals surface area contributed by atoms with E-state index in [1.807, 2.05) is 0 Å². The predicted molar refractivity (Wildman–Crippen MR) is 53.6 cm³/mol. The summed E-state index contributed by atoms with van der Waals surface area (Å²) in [5.41, 5.74) is 1.11. The second kappa shape index (κ2) is 4.51. The Bertz CT molecular complexity index is 323. The molecular formula is C10H10BrFO. The summed E-state index contributed by atoms with van der Waals surface area (Å²) in [6.07, 6.45) is 0.447. The maximum atomic E-state index is 12.3. The number of halogens is 2. The molecule has 70 valence electrons. The van der Waals surface area contributed by atoms with E-state index in [1.54, 1.807) is 25.1 Å². The third-order valence-corrected chi connectivity index (χ3v) is 2.21. The quantitative estimate of drug-likeness (QED) is 0.744. The molecule has 0 aromatic heterocycles. The number of Topliss-reactive ketones (excluding diaryl/α,β-unsaturated/α-hetero) is 1. The van der Waals surface area contributed by atoms with Gasteiger partial charge in [0.05, 0.1) is 0 Å². The standard InChI is InChI=1S/C10H10BrFO/c1-2-10(13)8-3-7(6-12)4-9(11)5-8/h3-5H,2,6H2,1H3. The lowest BCUT2D eigenvalue weighted by atomic mass is 10.1. The Balaban J connectivity index is 3.08. The maximum Gasteiger partial charge on any atom is 0.162 e. The van der Waals surface area contributed by atoms with Crippen molar-refractivity contribution in [2.45, 2.75) is 20.0 Å². The lowest BCUT2D eigenvalue weighted by Crippen LogP contribution is -1.97. The highest BCUT2D eigenvalue weighted by Crippen LogP contribution is 2.17. The van der Waals surface area contributed by atoms with Gasteiger partial charge in [-0.25, -0.2) is 4.39 Å². The van der Waals surface area contributed by atoms with Crippen molar-refractivity contribution in [1.82, 2.24) is 0 Å². The van der Waals surface area contributed by atoms with Gasteiger partial charge in [0.15, 0.2) is 5.78 Å². The Kier molecular flexibility index (Phi) is 3.60. The summed E-state index contributed by atoms with van der Waals surface area (Å²) in [4.78, 5) is 11.3. The van der Waals surface area contributed by atoms with Gasteiger partial charge in [0.2, 0.25) is 0 Å². The van der Waals surface area contributed by atoms with Crippen LogP contribution in [0.3, 0.4) is 0 Å². The van der Waals surface area contributed by atoms with Gasteiger partial charge in [0.1, 0.15) is 6.67 Å². The molecule has 3 heteroatoms. The molecule has 0 aliphatic heterocycles. The van der Waals surface area contributed by atoms with Crippen molar-refractivity contribution in [2.24, 2.45) is 0 Å². The number of benzene rings is 1. The fraction of sp³-hybridized carbons (Fsp3) is 0.300. The van der Waals surface area contributed by atoms with Crippen LogP contribution in [0.1, 0.15) is 29.3 Å². The number of ketones is 1. The van der Waals surface area contributed by atoms with Crippen LogP contribution in [0.4, 0.5) is 4.39 Å². The molecule has 0 heterocycles. The molecule has 0 fully saturated rings. The maximum absolute atomic E-state index is 12.3. The van der Waals surface area contributed by atoms with Gasteiger partial charge in [-0.15, -0.1) is 0 Å². The van der Waals surface area contributed by atoms with Crippen molar-refractivity contribution in [1.29, 1.82) is 0 Å². The highest BCUT2D eigenvalue weighted by atomic mass is 79.9. The van der Waals surface area contributed by atoms with Crippen LogP contribution in [-0.4, -0.2) is 5.78 Å². The molecule has 0 aliphatic carbocycles. The minimum Gasteiger partial charge on any atom is -0.294 e. The Morgan fingerprint density at radius 2 is 2.15 bits per heavy atom. The minimum absolute atomic E-state index is 0.0380. The highest BCUT2D eigenvalue weighted by Gasteiger charge is 2.05. The largest absolute Gasteiger partial charge is 0.294 e. The van der Waals surface area contributed by atoms with Crippen molar-refractivity contribution in [3.63, 3.8) is 0 Å². The molecule has 0 atom stereocenters. The van der Waals surface area contributed by atoms with Crippen LogP contribution in [0.15, 0.2) is 22.7 Å². The van der Waals surface area contributed by atoms with Gasteiger partial charge in [0, 0.05) is 16.5 Å². The average molecular weight is 245 g/mol. The molecule has 1 aromatic rings. The first kappa shape index (κ1) is 10.4. The molecule has 0 radical (unpaired) electrons. The van der Waals surface area contributed by atoms with Gasteiger partial charge < -0.3 is 0 Å². The van der Waals surface area contributed by atoms with Gasteiger partial charge in [-0.2, -0.15) is 0 Å². The molecule has 1 rings (SSSR count). The fourth-order valence-electron chi connectivity index (χ4n) is 1.09. The van der Waals surface area contributed by atoms with Crippen LogP contribution in [0.25, 0.3) is 0 Å². The van der Waals surface area contributed by atoms with E-state index in [4.69, 9.17) is 0 Å². The smallest absolute Gasteiger partial charge is 0.162 e. The number of hydrogen-bond acceptors (Lipinski definition) is 1. The van der Waals surface area contributed by atoms with Gasteiger partial charge in [-0.1, -0.05) is 22.9 Å². The highest BCUT2D eigenvalue weighted by molar-refractivity contribution is 9.10. The Morgan fingerprint density at radius 3 is 2.69 bits per heavy atom. The number of hydrogen-bond donors (Lipinski definition) is 0. The zero-order valence-corrected chi connectivity index (χ0v) is 8.90. The Labute approximate surface area is 85.1 Å². The second-order valence-corrected chi connectivity index (χ2v) is 3.67. The molecule has 0 aliphatic rings. The minimum atomic E-state index is -0.538. The molecule has 1 aromatic carbocycles. The summed E-state index contributed by atoms with van der Waals surface area (Å²) < 4.78 is 13.1. The van der Waals surface area contributed by atoms with Crippen LogP contribution in [0.2, 0.25) is 0 Å². The lowest BCUT2D eigenvalue weighted by molar-refractivity contribution is 0.0988. The van der Waals surface area contributed by atoms with Crippen LogP contribution in [0, 0.1) is 0 Å². The summed E-state index contributed by atoms with van der Waals surface area (Å²) in [5, 5.41) is 0. The molecule has 13 heavy (non-hydrogen) atoms. The lowest BCUT2D eigenvalue weighted by Gasteiger charge is -2.01. The zero-order valence-electron chi connectivity index (χ0n) is 7.31. The van der Waals surface area contributed by atoms with Crippen molar-refractivity contribution in [3.8, 4) is 0 Å². The first-order chi connectivity index (χ1) is 6.17. The van der Waals surface area contributed by atoms with E-state index in [2.05, 4.69) is 15.9 Å². The van der Waals surface area contributed by atoms with Crippen molar-refractivity contribution >= 4 is 21.7 Å². The first-order valence-electron chi connectivity index (χ1n) is 4.06. The predicted octanol–water partition coefficient (Wildman–Crippen LogP) is 3.51. The van der Waals surface area contributed by atoms with Crippen LogP contribution in [0.5, 0.6) is 0 Å². The number of alkyl halides is 1. The zero-order chi connectivity index (χ0) is 9.84. The molecule has 1 nitrogen and oxygen atoms in total. The summed E-state index contributed by atoms with van der Waals surface area (Å²) in [7, 11) is 0. The fourth-order valence-corrected chi connectivity index (χ4v) is 1.63. The Hall–Kier alpha value is -0.700. The molecule has 0 bridgehead atoms. The second-order valence-electron chi connectivity index (χ2n) is 2.76. The SMILES string of the molecule is CCC(=O)c1cc(Br)cc(CF)c1. The molecular weight excluding hydrogens is 235 g/mol. The summed E-state index contributed by atoms with van der Waals surface area (Å²) in [6.45, 7) is 1.25. The van der Waals surface area contributed by atoms with E-state index in [-0.39, 0.29) is 5.78 Å². The number of carbonyl (C=O) groups is 1. The summed E-state index contributed by atoms with van der Waals surface area (Å²) >= 11 is 3.23. The molecule has 0 saturated heterocycles. The molecule has 0 amide bonds. The topological polar surface area (TPSA) is 17.1 Å². The molecule has 0 spiro atoms. The summed E-state index contributed by atoms with van der Waals surface area (Å²) in [6, 6.07) is 4.98. The number of carbonyl (C=O) groups excluding carboxylic acids is 1. The van der Waals surface area contributed by atoms with Gasteiger partial charge >= 0.3 is 0 Å². The van der Waals surface area contributed by atoms with Crippen molar-refractivity contribution in [3.05, 3.63) is 33.8 Å². The van der Waals surface area contributed by atoms with Gasteiger partial charge in [-0.3, -0.25) is 4.79 Å². The van der Waals surface area contributed by atoms with Crippen molar-refractivity contribution < 1.29 is 9.18 Å². The van der Waals surface area contributed by atoms with Gasteiger partial charge in [-0.05, 0) is 23.8 Å². The van der Waals surface area contributed by atoms with E-state index >= 15 is 0 Å². The Morgan fingerprint density at radius 1 is 1.46 bits per heavy atom. The van der Waals surface area contributed by atoms with Crippen LogP contribution in [-0.2, 0) is 6.67 Å². The third-order valence-electron chi connectivity index (χ3n) is 1.75. The molecule has 0 saturated carbocycles. The first-order valence-corrected chi connectivity index (χ1v) is 4.85. The van der Waals surface area contributed by atoms with E-state index in [0.29, 0.717) is 17.5 Å². The van der Waals surface area contributed by atoms with Crippen molar-refractivity contribution in [2.75, 3.05) is 0 Å². The third kappa shape index (κ3) is 2.62.